The van der Waals surface area contributed by atoms with Crippen molar-refractivity contribution in [2.75, 3.05) is 0 Å². The van der Waals surface area contributed by atoms with Crippen LogP contribution in [0.3, 0.4) is 0 Å². The van der Waals surface area contributed by atoms with E-state index in [1.165, 1.54) is 0 Å². The number of quaternary nitrogens is 1. The van der Waals surface area contributed by atoms with Crippen molar-refractivity contribution >= 4 is 0 Å². The molecule has 0 aliphatic heterocycles. The average Bonchev–Trinajstić information content (AvgIpc) is 1.91. The lowest BCUT2D eigenvalue weighted by Crippen LogP contribution is -2.75. The summed E-state index contributed by atoms with van der Waals surface area (Å²) < 4.78 is 0. The molecule has 0 unspecified atom stereocenters. The standard InChI is InChI=1S/C7H9NO/c9-8-6-7-4-2-1-3-5-7/h1-5H,6,8H2. The van der Waals surface area contributed by atoms with E-state index in [0.717, 1.165) is 11.0 Å². The van der Waals surface area contributed by atoms with Gasteiger partial charge in [-0.3, -0.25) is 0 Å². The maximum absolute atomic E-state index is 9.97. The van der Waals surface area contributed by atoms with Gasteiger partial charge in [-0.2, -0.15) is 0 Å². The van der Waals surface area contributed by atoms with Crippen LogP contribution in [0.5, 0.6) is 0 Å². The Morgan fingerprint density at radius 2 is 1.89 bits per heavy atom. The molecule has 0 spiro atoms. The van der Waals surface area contributed by atoms with E-state index in [9.17, 15) is 5.21 Å². The predicted molar refractivity (Wildman–Crippen MR) is 35.4 cm³/mol. The van der Waals surface area contributed by atoms with Gasteiger partial charge in [-0.25, -0.2) is 0 Å². The molecule has 2 nitrogen and oxygen atoms in total. The fourth-order valence-electron chi connectivity index (χ4n) is 0.710. The van der Waals surface area contributed by atoms with Crippen LogP contribution in [0, 0.1) is 5.21 Å². The predicted octanol–water partition coefficient (Wildman–Crippen LogP) is 0.248. The second kappa shape index (κ2) is 3.22. The Morgan fingerprint density at radius 1 is 1.22 bits per heavy atom. The lowest BCUT2D eigenvalue weighted by Gasteiger charge is -1.99. The lowest BCUT2D eigenvalue weighted by molar-refractivity contribution is -0.605. The molecular formula is C7H9NO. The normalized spacial score (nSPS) is 9.44. The lowest BCUT2D eigenvalue weighted by atomic mass is 10.2. The van der Waals surface area contributed by atoms with Gasteiger partial charge in [0.25, 0.3) is 0 Å². The molecule has 0 saturated heterocycles. The number of rotatable bonds is 2. The first-order valence-corrected chi connectivity index (χ1v) is 2.91. The third-order valence-corrected chi connectivity index (χ3v) is 1.16. The van der Waals surface area contributed by atoms with Crippen molar-refractivity contribution in [2.24, 2.45) is 0 Å². The van der Waals surface area contributed by atoms with Gasteiger partial charge in [0.15, 0.2) is 0 Å². The van der Waals surface area contributed by atoms with Crippen molar-refractivity contribution in [3.63, 3.8) is 0 Å². The topological polar surface area (TPSA) is 39.7 Å². The molecular weight excluding hydrogens is 114 g/mol. The fraction of sp³-hybridized carbons (Fsp3) is 0.143. The van der Waals surface area contributed by atoms with E-state index >= 15 is 0 Å². The van der Waals surface area contributed by atoms with Crippen molar-refractivity contribution in [2.45, 2.75) is 6.54 Å². The quantitative estimate of drug-likeness (QED) is 0.562. The van der Waals surface area contributed by atoms with Crippen LogP contribution >= 0.6 is 0 Å². The Balaban J connectivity index is 2.61. The smallest absolute Gasteiger partial charge is 0.101 e. The van der Waals surface area contributed by atoms with Crippen LogP contribution in [0.15, 0.2) is 30.3 Å². The fourth-order valence-corrected chi connectivity index (χ4v) is 0.710. The summed E-state index contributed by atoms with van der Waals surface area (Å²) in [5.41, 5.74) is 1.99. The molecule has 0 bridgehead atoms. The van der Waals surface area contributed by atoms with Gasteiger partial charge in [-0.15, -0.1) is 0 Å². The minimum atomic E-state index is 0.529. The number of benzene rings is 1. The van der Waals surface area contributed by atoms with Crippen molar-refractivity contribution < 1.29 is 5.48 Å². The van der Waals surface area contributed by atoms with Crippen molar-refractivity contribution in [1.82, 2.24) is 0 Å². The molecule has 2 N–H and O–H groups in total. The summed E-state index contributed by atoms with van der Waals surface area (Å²) in [5.74, 6) is 0. The van der Waals surface area contributed by atoms with Gasteiger partial charge >= 0.3 is 0 Å². The molecule has 9 heavy (non-hydrogen) atoms. The molecule has 0 radical (unpaired) electrons. The van der Waals surface area contributed by atoms with Gasteiger partial charge in [0.05, 0.1) is 0 Å². The largest absolute Gasteiger partial charge is 0.636 e. The Morgan fingerprint density at radius 3 is 2.44 bits per heavy atom. The Bertz CT molecular complexity index is 162. The second-order valence-corrected chi connectivity index (χ2v) is 1.86. The summed E-state index contributed by atoms with van der Waals surface area (Å²) in [5, 5.41) is 9.97. The number of hydrogen-bond donors (Lipinski definition) is 1. The summed E-state index contributed by atoms with van der Waals surface area (Å²) in [4.78, 5) is 0. The van der Waals surface area contributed by atoms with Gasteiger partial charge in [0, 0.05) is 5.56 Å². The van der Waals surface area contributed by atoms with E-state index in [1.54, 1.807) is 0 Å². The minimum absolute atomic E-state index is 0.529. The SMILES string of the molecule is [O-][NH2+]Cc1ccccc1. The highest BCUT2D eigenvalue weighted by atomic mass is 16.5. The maximum Gasteiger partial charge on any atom is 0.101 e. The van der Waals surface area contributed by atoms with Crippen molar-refractivity contribution in [3.05, 3.63) is 41.1 Å². The average molecular weight is 123 g/mol. The first-order chi connectivity index (χ1) is 4.43. The van der Waals surface area contributed by atoms with Crippen LogP contribution in [-0.2, 0) is 6.54 Å². The third-order valence-electron chi connectivity index (χ3n) is 1.16. The molecule has 0 aliphatic rings. The van der Waals surface area contributed by atoms with Gasteiger partial charge in [-0.1, -0.05) is 30.3 Å². The Hall–Kier alpha value is -0.860. The number of hydrogen-bond acceptors (Lipinski definition) is 1. The summed E-state index contributed by atoms with van der Waals surface area (Å²) in [6.07, 6.45) is 0. The molecule has 1 rings (SSSR count). The third kappa shape index (κ3) is 1.83. The van der Waals surface area contributed by atoms with Gasteiger partial charge in [0.1, 0.15) is 6.54 Å². The van der Waals surface area contributed by atoms with E-state index in [-0.39, 0.29) is 0 Å². The minimum Gasteiger partial charge on any atom is -0.636 e. The van der Waals surface area contributed by atoms with Crippen LogP contribution in [0.4, 0.5) is 0 Å². The van der Waals surface area contributed by atoms with Gasteiger partial charge < -0.3 is 10.7 Å². The summed E-state index contributed by atoms with van der Waals surface area (Å²) in [6.45, 7) is 0.529. The molecule has 0 saturated carbocycles. The van der Waals surface area contributed by atoms with Crippen LogP contribution < -0.4 is 5.48 Å². The van der Waals surface area contributed by atoms with E-state index in [4.69, 9.17) is 0 Å². The van der Waals surface area contributed by atoms with Crippen molar-refractivity contribution in [1.29, 1.82) is 0 Å². The molecule has 0 amide bonds. The second-order valence-electron chi connectivity index (χ2n) is 1.86. The van der Waals surface area contributed by atoms with Crippen molar-refractivity contribution in [3.8, 4) is 0 Å². The summed E-state index contributed by atoms with van der Waals surface area (Å²) in [6, 6.07) is 9.68. The van der Waals surface area contributed by atoms with E-state index in [0.29, 0.717) is 6.54 Å². The maximum atomic E-state index is 9.97. The molecule has 48 valence electrons. The molecule has 1 aromatic carbocycles. The molecule has 0 atom stereocenters. The molecule has 0 fully saturated rings. The zero-order valence-electron chi connectivity index (χ0n) is 5.08. The summed E-state index contributed by atoms with van der Waals surface area (Å²) in [7, 11) is 0. The van der Waals surface area contributed by atoms with E-state index in [1.807, 2.05) is 30.3 Å². The highest BCUT2D eigenvalue weighted by Gasteiger charge is 1.85. The molecule has 2 heteroatoms. The van der Waals surface area contributed by atoms with Crippen LogP contribution in [0.2, 0.25) is 0 Å². The highest BCUT2D eigenvalue weighted by molar-refractivity contribution is 5.12. The zero-order chi connectivity index (χ0) is 6.53. The number of nitrogens with two attached hydrogens (primary N) is 1. The number of hydroxylamine groups is 1. The monoisotopic (exact) mass is 123 g/mol. The van der Waals surface area contributed by atoms with Gasteiger partial charge in [0.2, 0.25) is 0 Å². The molecule has 0 aromatic heterocycles. The van der Waals surface area contributed by atoms with Gasteiger partial charge in [-0.05, 0) is 0 Å². The Kier molecular flexibility index (Phi) is 2.24. The van der Waals surface area contributed by atoms with Crippen LogP contribution in [0.1, 0.15) is 5.56 Å². The first kappa shape index (κ1) is 6.26. The Labute approximate surface area is 54.1 Å². The molecule has 0 heterocycles. The van der Waals surface area contributed by atoms with E-state index < -0.39 is 0 Å². The first-order valence-electron chi connectivity index (χ1n) is 2.91. The highest BCUT2D eigenvalue weighted by Crippen LogP contribution is 1.93. The molecule has 1 aromatic rings. The van der Waals surface area contributed by atoms with Crippen LogP contribution in [-0.4, -0.2) is 0 Å². The summed E-state index contributed by atoms with van der Waals surface area (Å²) >= 11 is 0. The van der Waals surface area contributed by atoms with Crippen LogP contribution in [0.25, 0.3) is 0 Å². The van der Waals surface area contributed by atoms with E-state index in [2.05, 4.69) is 0 Å². The zero-order valence-corrected chi connectivity index (χ0v) is 5.08. The molecule has 0 aliphatic carbocycles.